The Labute approximate surface area is 122 Å². The lowest BCUT2D eigenvalue weighted by molar-refractivity contribution is 0.474. The molecule has 1 aromatic heterocycles. The fourth-order valence-electron chi connectivity index (χ4n) is 2.65. The van der Waals surface area contributed by atoms with Gasteiger partial charge in [0.15, 0.2) is 0 Å². The van der Waals surface area contributed by atoms with Crippen LogP contribution in [0.25, 0.3) is 10.9 Å². The zero-order valence-electron chi connectivity index (χ0n) is 12.7. The molecule has 1 N–H and O–H groups in total. The van der Waals surface area contributed by atoms with Gasteiger partial charge in [-0.1, -0.05) is 63.8 Å². The van der Waals surface area contributed by atoms with Crippen LogP contribution < -0.4 is 5.32 Å². The molecule has 2 rings (SSSR count). The van der Waals surface area contributed by atoms with Gasteiger partial charge in [-0.25, -0.2) is 0 Å². The summed E-state index contributed by atoms with van der Waals surface area (Å²) in [6.45, 7) is 5.42. The molecule has 0 fully saturated rings. The van der Waals surface area contributed by atoms with Crippen molar-refractivity contribution in [3.8, 4) is 0 Å². The number of nitrogens with one attached hydrogen (secondary N) is 1. The van der Waals surface area contributed by atoms with Gasteiger partial charge in [0.05, 0.1) is 11.2 Å². The van der Waals surface area contributed by atoms with E-state index >= 15 is 0 Å². The van der Waals surface area contributed by atoms with Crippen LogP contribution in [0, 0.1) is 0 Å². The molecule has 108 valence electrons. The maximum absolute atomic E-state index is 4.83. The Bertz CT molecular complexity index is 522. The maximum Gasteiger partial charge on any atom is 0.0706 e. The van der Waals surface area contributed by atoms with E-state index in [1.165, 1.54) is 43.2 Å². The highest BCUT2D eigenvalue weighted by Crippen LogP contribution is 2.21. The first kappa shape index (κ1) is 15.0. The summed E-state index contributed by atoms with van der Waals surface area (Å²) < 4.78 is 0. The van der Waals surface area contributed by atoms with Crippen molar-refractivity contribution < 1.29 is 0 Å². The minimum absolute atomic E-state index is 0.390. The Morgan fingerprint density at radius 3 is 2.65 bits per heavy atom. The van der Waals surface area contributed by atoms with E-state index in [-0.39, 0.29) is 0 Å². The van der Waals surface area contributed by atoms with Crippen molar-refractivity contribution in [1.29, 1.82) is 0 Å². The summed E-state index contributed by atoms with van der Waals surface area (Å²) in [6.07, 6.45) is 6.41. The van der Waals surface area contributed by atoms with Crippen LogP contribution >= 0.6 is 0 Å². The summed E-state index contributed by atoms with van der Waals surface area (Å²) in [7, 11) is 0. The van der Waals surface area contributed by atoms with Gasteiger partial charge in [-0.05, 0) is 25.1 Å². The molecule has 0 aliphatic heterocycles. The smallest absolute Gasteiger partial charge is 0.0706 e. The lowest BCUT2D eigenvalue weighted by atomic mass is 10.0. The number of fused-ring (bicyclic) bond motifs is 1. The van der Waals surface area contributed by atoms with Crippen molar-refractivity contribution in [3.05, 3.63) is 42.1 Å². The first-order valence-electron chi connectivity index (χ1n) is 7.94. The topological polar surface area (TPSA) is 24.9 Å². The van der Waals surface area contributed by atoms with E-state index < -0.39 is 0 Å². The molecule has 20 heavy (non-hydrogen) atoms. The number of pyridine rings is 1. The lowest BCUT2D eigenvalue weighted by Gasteiger charge is -2.17. The lowest BCUT2D eigenvalue weighted by Crippen LogP contribution is -2.21. The molecule has 2 nitrogen and oxygen atoms in total. The van der Waals surface area contributed by atoms with E-state index in [2.05, 4.69) is 55.6 Å². The molecule has 1 atom stereocenters. The number of hydrogen-bond acceptors (Lipinski definition) is 2. The second kappa shape index (κ2) is 8.01. The molecule has 0 saturated carbocycles. The summed E-state index contributed by atoms with van der Waals surface area (Å²) in [5.41, 5.74) is 2.28. The number of nitrogens with zero attached hydrogens (tertiary/aromatic N) is 1. The van der Waals surface area contributed by atoms with Crippen LogP contribution in [0.5, 0.6) is 0 Å². The number of benzene rings is 1. The van der Waals surface area contributed by atoms with Gasteiger partial charge in [0.25, 0.3) is 0 Å². The number of unbranched alkanes of at least 4 members (excludes halogenated alkanes) is 3. The SMILES string of the molecule is CCCCCCC(NCC)c1ccc2ccccc2n1. The first-order valence-corrected chi connectivity index (χ1v) is 7.94. The van der Waals surface area contributed by atoms with E-state index in [1.807, 2.05) is 0 Å². The molecule has 1 unspecified atom stereocenters. The van der Waals surface area contributed by atoms with Crippen LogP contribution in [0.4, 0.5) is 0 Å². The van der Waals surface area contributed by atoms with Gasteiger partial charge in [-0.2, -0.15) is 0 Å². The third-order valence-corrected chi connectivity index (χ3v) is 3.77. The standard InChI is InChI=1S/C18H26N2/c1-3-5-6-7-12-17(19-4-2)18-14-13-15-10-8-9-11-16(15)20-18/h8-11,13-14,17,19H,3-7,12H2,1-2H3. The van der Waals surface area contributed by atoms with E-state index in [1.54, 1.807) is 0 Å². The zero-order chi connectivity index (χ0) is 14.2. The summed E-state index contributed by atoms with van der Waals surface area (Å²) in [5.74, 6) is 0. The van der Waals surface area contributed by atoms with Crippen LogP contribution in [0.3, 0.4) is 0 Å². The van der Waals surface area contributed by atoms with Crippen LogP contribution in [0.15, 0.2) is 36.4 Å². The third-order valence-electron chi connectivity index (χ3n) is 3.77. The molecule has 2 aromatic rings. The highest BCUT2D eigenvalue weighted by atomic mass is 14.9. The molecule has 0 amide bonds. The van der Waals surface area contributed by atoms with Gasteiger partial charge in [-0.3, -0.25) is 4.98 Å². The summed E-state index contributed by atoms with van der Waals surface area (Å²) in [6, 6.07) is 13.1. The van der Waals surface area contributed by atoms with Crippen molar-refractivity contribution in [2.75, 3.05) is 6.54 Å². The van der Waals surface area contributed by atoms with E-state index in [0.717, 1.165) is 12.1 Å². The summed E-state index contributed by atoms with van der Waals surface area (Å²) in [4.78, 5) is 4.83. The predicted octanol–water partition coefficient (Wildman–Crippen LogP) is 4.86. The predicted molar refractivity (Wildman–Crippen MR) is 86.9 cm³/mol. The van der Waals surface area contributed by atoms with Crippen molar-refractivity contribution in [2.45, 2.75) is 52.0 Å². The average Bonchev–Trinajstić information content (AvgIpc) is 2.50. The summed E-state index contributed by atoms with van der Waals surface area (Å²) >= 11 is 0. The quantitative estimate of drug-likeness (QED) is 0.693. The normalized spacial score (nSPS) is 12.7. The van der Waals surface area contributed by atoms with Crippen LogP contribution in [-0.2, 0) is 0 Å². The fourth-order valence-corrected chi connectivity index (χ4v) is 2.65. The van der Waals surface area contributed by atoms with Gasteiger partial charge < -0.3 is 5.32 Å². The minimum atomic E-state index is 0.390. The molecule has 0 aliphatic rings. The van der Waals surface area contributed by atoms with Crippen LogP contribution in [-0.4, -0.2) is 11.5 Å². The van der Waals surface area contributed by atoms with E-state index in [9.17, 15) is 0 Å². The monoisotopic (exact) mass is 270 g/mol. The first-order chi connectivity index (χ1) is 9.85. The Morgan fingerprint density at radius 2 is 1.85 bits per heavy atom. The van der Waals surface area contributed by atoms with Gasteiger partial charge in [0.2, 0.25) is 0 Å². The van der Waals surface area contributed by atoms with Crippen LogP contribution in [0.2, 0.25) is 0 Å². The van der Waals surface area contributed by atoms with Crippen molar-refractivity contribution in [3.63, 3.8) is 0 Å². The molecule has 0 aliphatic carbocycles. The number of aromatic nitrogens is 1. The van der Waals surface area contributed by atoms with Gasteiger partial charge in [0, 0.05) is 11.4 Å². The van der Waals surface area contributed by atoms with E-state index in [0.29, 0.717) is 6.04 Å². The van der Waals surface area contributed by atoms with Gasteiger partial charge >= 0.3 is 0 Å². The summed E-state index contributed by atoms with van der Waals surface area (Å²) in [5, 5.41) is 4.80. The van der Waals surface area contributed by atoms with Gasteiger partial charge in [0.1, 0.15) is 0 Å². The molecular weight excluding hydrogens is 244 g/mol. The van der Waals surface area contributed by atoms with Crippen molar-refractivity contribution >= 4 is 10.9 Å². The molecule has 1 heterocycles. The zero-order valence-corrected chi connectivity index (χ0v) is 12.7. The molecule has 2 heteroatoms. The molecule has 0 bridgehead atoms. The van der Waals surface area contributed by atoms with Crippen molar-refractivity contribution in [2.24, 2.45) is 0 Å². The largest absolute Gasteiger partial charge is 0.309 e. The average molecular weight is 270 g/mol. The third kappa shape index (κ3) is 4.04. The molecule has 1 aromatic carbocycles. The molecule has 0 radical (unpaired) electrons. The Morgan fingerprint density at radius 1 is 1.00 bits per heavy atom. The maximum atomic E-state index is 4.83. The van der Waals surface area contributed by atoms with Gasteiger partial charge in [-0.15, -0.1) is 0 Å². The molecular formula is C18H26N2. The Kier molecular flexibility index (Phi) is 6.00. The Hall–Kier alpha value is -1.41. The van der Waals surface area contributed by atoms with Crippen molar-refractivity contribution in [1.82, 2.24) is 10.3 Å². The highest BCUT2D eigenvalue weighted by molar-refractivity contribution is 5.78. The highest BCUT2D eigenvalue weighted by Gasteiger charge is 2.11. The molecule has 0 saturated heterocycles. The second-order valence-electron chi connectivity index (χ2n) is 5.39. The minimum Gasteiger partial charge on any atom is -0.309 e. The fraction of sp³-hybridized carbons (Fsp3) is 0.500. The van der Waals surface area contributed by atoms with E-state index in [4.69, 9.17) is 4.98 Å². The number of rotatable bonds is 8. The molecule has 0 spiro atoms. The number of hydrogen-bond donors (Lipinski definition) is 1. The number of para-hydroxylation sites is 1. The second-order valence-corrected chi connectivity index (χ2v) is 5.39. The Balaban J connectivity index is 2.09. The van der Waals surface area contributed by atoms with Crippen LogP contribution in [0.1, 0.15) is 57.7 Å².